The molecule has 1 N–H and O–H groups in total. The van der Waals surface area contributed by atoms with Gasteiger partial charge in [-0.15, -0.1) is 0 Å². The summed E-state index contributed by atoms with van der Waals surface area (Å²) >= 11 is 5.73. The van der Waals surface area contributed by atoms with E-state index in [4.69, 9.17) is 16.3 Å². The number of rotatable bonds is 2. The van der Waals surface area contributed by atoms with Crippen LogP contribution in [0.2, 0.25) is 5.02 Å². The quantitative estimate of drug-likeness (QED) is 0.558. The molecule has 2 nitrogen and oxygen atoms in total. The van der Waals surface area contributed by atoms with E-state index in [0.717, 1.165) is 5.39 Å². The van der Waals surface area contributed by atoms with E-state index >= 15 is 0 Å². The van der Waals surface area contributed by atoms with Gasteiger partial charge in [-0.05, 0) is 35.7 Å². The molecule has 7 heteroatoms. The SMILES string of the molecule is Oc1cccc2ccc(Oc3c(F)cc(C(F)(F)F)cc3Cl)cc12. The average molecular weight is 357 g/mol. The fourth-order valence-corrected chi connectivity index (χ4v) is 2.48. The van der Waals surface area contributed by atoms with Crippen molar-refractivity contribution in [2.45, 2.75) is 6.18 Å². The van der Waals surface area contributed by atoms with Crippen molar-refractivity contribution in [3.8, 4) is 17.2 Å². The largest absolute Gasteiger partial charge is 0.507 e. The van der Waals surface area contributed by atoms with Crippen LogP contribution < -0.4 is 4.74 Å². The Labute approximate surface area is 138 Å². The third kappa shape index (κ3) is 3.10. The third-order valence-corrected chi connectivity index (χ3v) is 3.66. The van der Waals surface area contributed by atoms with E-state index < -0.39 is 28.3 Å². The van der Waals surface area contributed by atoms with Crippen molar-refractivity contribution in [2.24, 2.45) is 0 Å². The minimum atomic E-state index is -4.71. The number of halogens is 5. The lowest BCUT2D eigenvalue weighted by molar-refractivity contribution is -0.137. The Balaban J connectivity index is 2.01. The molecule has 0 saturated carbocycles. The van der Waals surface area contributed by atoms with Gasteiger partial charge in [0.1, 0.15) is 11.5 Å². The van der Waals surface area contributed by atoms with Crippen molar-refractivity contribution in [1.82, 2.24) is 0 Å². The Bertz CT molecular complexity index is 899. The maximum atomic E-state index is 14.0. The Morgan fingerprint density at radius 1 is 1.00 bits per heavy atom. The number of benzene rings is 3. The first-order chi connectivity index (χ1) is 11.3. The van der Waals surface area contributed by atoms with Gasteiger partial charge in [0.2, 0.25) is 0 Å². The number of hydrogen-bond acceptors (Lipinski definition) is 2. The second-order valence-corrected chi connectivity index (χ2v) is 5.44. The molecule has 0 radical (unpaired) electrons. The number of aromatic hydroxyl groups is 1. The Kier molecular flexibility index (Phi) is 4.01. The van der Waals surface area contributed by atoms with Crippen molar-refractivity contribution in [3.05, 3.63) is 64.9 Å². The summed E-state index contributed by atoms with van der Waals surface area (Å²) in [6.45, 7) is 0. The van der Waals surface area contributed by atoms with Gasteiger partial charge >= 0.3 is 6.18 Å². The zero-order valence-corrected chi connectivity index (χ0v) is 12.6. The Morgan fingerprint density at radius 2 is 1.75 bits per heavy atom. The van der Waals surface area contributed by atoms with Crippen LogP contribution in [0.4, 0.5) is 17.6 Å². The van der Waals surface area contributed by atoms with E-state index in [1.807, 2.05) is 0 Å². The molecular formula is C17H9ClF4O2. The van der Waals surface area contributed by atoms with Crippen molar-refractivity contribution in [3.63, 3.8) is 0 Å². The zero-order chi connectivity index (χ0) is 17.5. The minimum Gasteiger partial charge on any atom is -0.507 e. The van der Waals surface area contributed by atoms with Crippen LogP contribution in [0.1, 0.15) is 5.56 Å². The molecule has 0 amide bonds. The van der Waals surface area contributed by atoms with E-state index in [1.54, 1.807) is 18.2 Å². The van der Waals surface area contributed by atoms with Crippen molar-refractivity contribution in [1.29, 1.82) is 0 Å². The summed E-state index contributed by atoms with van der Waals surface area (Å²) in [5.74, 6) is -1.62. The number of alkyl halides is 3. The number of phenolic OH excluding ortho intramolecular Hbond substituents is 1. The molecule has 0 heterocycles. The van der Waals surface area contributed by atoms with Gasteiger partial charge in [-0.1, -0.05) is 29.8 Å². The lowest BCUT2D eigenvalue weighted by atomic mass is 10.1. The van der Waals surface area contributed by atoms with Crippen LogP contribution in [0.25, 0.3) is 10.8 Å². The van der Waals surface area contributed by atoms with Crippen molar-refractivity contribution in [2.75, 3.05) is 0 Å². The number of hydrogen-bond donors (Lipinski definition) is 1. The third-order valence-electron chi connectivity index (χ3n) is 3.38. The highest BCUT2D eigenvalue weighted by atomic mass is 35.5. The number of ether oxygens (including phenoxy) is 1. The fourth-order valence-electron chi connectivity index (χ4n) is 2.24. The van der Waals surface area contributed by atoms with Crippen LogP contribution in [0, 0.1) is 5.82 Å². The lowest BCUT2D eigenvalue weighted by Gasteiger charge is -2.13. The van der Waals surface area contributed by atoms with Gasteiger partial charge < -0.3 is 9.84 Å². The first kappa shape index (κ1) is 16.4. The molecule has 0 bridgehead atoms. The molecule has 0 aromatic heterocycles. The molecule has 124 valence electrons. The summed E-state index contributed by atoms with van der Waals surface area (Å²) in [4.78, 5) is 0. The molecular weight excluding hydrogens is 348 g/mol. The molecule has 0 spiro atoms. The average Bonchev–Trinajstić information content (AvgIpc) is 2.50. The van der Waals surface area contributed by atoms with E-state index in [-0.39, 0.29) is 11.5 Å². The maximum Gasteiger partial charge on any atom is 0.416 e. The topological polar surface area (TPSA) is 29.5 Å². The summed E-state index contributed by atoms with van der Waals surface area (Å²) in [7, 11) is 0. The highest BCUT2D eigenvalue weighted by Crippen LogP contribution is 2.39. The van der Waals surface area contributed by atoms with Crippen LogP contribution in [0.5, 0.6) is 17.2 Å². The normalized spacial score (nSPS) is 11.7. The predicted octanol–water partition coefficient (Wildman–Crippen LogP) is 6.15. The monoisotopic (exact) mass is 356 g/mol. The smallest absolute Gasteiger partial charge is 0.416 e. The molecule has 0 aliphatic heterocycles. The van der Waals surface area contributed by atoms with Gasteiger partial charge in [-0.3, -0.25) is 0 Å². The van der Waals surface area contributed by atoms with Gasteiger partial charge in [0.05, 0.1) is 10.6 Å². The predicted molar refractivity (Wildman–Crippen MR) is 82.1 cm³/mol. The summed E-state index contributed by atoms with van der Waals surface area (Å²) in [6, 6.07) is 10.4. The highest BCUT2D eigenvalue weighted by molar-refractivity contribution is 6.32. The summed E-state index contributed by atoms with van der Waals surface area (Å²) in [5, 5.41) is 10.5. The zero-order valence-electron chi connectivity index (χ0n) is 11.9. The van der Waals surface area contributed by atoms with E-state index in [2.05, 4.69) is 0 Å². The highest BCUT2D eigenvalue weighted by Gasteiger charge is 2.32. The van der Waals surface area contributed by atoms with E-state index in [9.17, 15) is 22.7 Å². The Hall–Kier alpha value is -2.47. The molecule has 0 saturated heterocycles. The van der Waals surface area contributed by atoms with E-state index in [0.29, 0.717) is 17.5 Å². The second kappa shape index (κ2) is 5.87. The summed E-state index contributed by atoms with van der Waals surface area (Å²) in [6.07, 6.45) is -4.71. The minimum absolute atomic E-state index is 0.00283. The standard InChI is InChI=1S/C17H9ClF4O2/c18-13-6-10(17(20,21)22)7-14(19)16(13)24-11-5-4-9-2-1-3-15(23)12(9)8-11/h1-8,23H. The first-order valence-corrected chi connectivity index (χ1v) is 7.09. The van der Waals surface area contributed by atoms with Crippen LogP contribution in [0.3, 0.4) is 0 Å². The van der Waals surface area contributed by atoms with Gasteiger partial charge in [-0.2, -0.15) is 13.2 Å². The molecule has 24 heavy (non-hydrogen) atoms. The number of phenols is 1. The number of fused-ring (bicyclic) bond motifs is 1. The molecule has 0 unspecified atom stereocenters. The van der Waals surface area contributed by atoms with Crippen LogP contribution in [-0.2, 0) is 6.18 Å². The fraction of sp³-hybridized carbons (Fsp3) is 0.0588. The maximum absolute atomic E-state index is 14.0. The summed E-state index contributed by atoms with van der Waals surface area (Å²) in [5.41, 5.74) is -1.20. The van der Waals surface area contributed by atoms with Gasteiger partial charge in [0, 0.05) is 5.39 Å². The van der Waals surface area contributed by atoms with Crippen molar-refractivity contribution < 1.29 is 27.4 Å². The molecule has 3 aromatic rings. The van der Waals surface area contributed by atoms with Crippen LogP contribution in [-0.4, -0.2) is 5.11 Å². The lowest BCUT2D eigenvalue weighted by Crippen LogP contribution is -2.06. The molecule has 3 rings (SSSR count). The molecule has 3 aromatic carbocycles. The molecule has 0 aliphatic rings. The summed E-state index contributed by atoms with van der Waals surface area (Å²) < 4.78 is 57.1. The van der Waals surface area contributed by atoms with Crippen LogP contribution in [0.15, 0.2) is 48.5 Å². The van der Waals surface area contributed by atoms with E-state index in [1.165, 1.54) is 18.2 Å². The van der Waals surface area contributed by atoms with Gasteiger partial charge in [-0.25, -0.2) is 4.39 Å². The molecule has 0 fully saturated rings. The van der Waals surface area contributed by atoms with Crippen LogP contribution >= 0.6 is 11.6 Å². The molecule has 0 aliphatic carbocycles. The van der Waals surface area contributed by atoms with Gasteiger partial charge in [0.25, 0.3) is 0 Å². The van der Waals surface area contributed by atoms with Crippen molar-refractivity contribution >= 4 is 22.4 Å². The molecule has 0 atom stereocenters. The second-order valence-electron chi connectivity index (χ2n) is 5.03. The first-order valence-electron chi connectivity index (χ1n) is 6.71. The Morgan fingerprint density at radius 3 is 2.42 bits per heavy atom. The van der Waals surface area contributed by atoms with Gasteiger partial charge in [0.15, 0.2) is 11.6 Å².